The van der Waals surface area contributed by atoms with E-state index >= 15 is 0 Å². The lowest BCUT2D eigenvalue weighted by molar-refractivity contribution is 0.0925. The van der Waals surface area contributed by atoms with Gasteiger partial charge in [-0.25, -0.2) is 14.3 Å². The molecule has 0 saturated carbocycles. The fourth-order valence-electron chi connectivity index (χ4n) is 2.92. The van der Waals surface area contributed by atoms with Crippen molar-refractivity contribution in [1.82, 2.24) is 4.98 Å². The third-order valence-corrected chi connectivity index (χ3v) is 4.16. The summed E-state index contributed by atoms with van der Waals surface area (Å²) in [6.45, 7) is 1.80. The fourth-order valence-corrected chi connectivity index (χ4v) is 2.92. The molecule has 0 saturated heterocycles. The van der Waals surface area contributed by atoms with Gasteiger partial charge < -0.3 is 0 Å². The van der Waals surface area contributed by atoms with Crippen LogP contribution in [0, 0.1) is 12.7 Å². The van der Waals surface area contributed by atoms with Crippen molar-refractivity contribution in [2.24, 2.45) is 0 Å². The number of rotatable bonds is 2. The number of fused-ring (bicyclic) bond motifs is 1. The third kappa shape index (κ3) is 2.41. The lowest BCUT2D eigenvalue weighted by Crippen LogP contribution is -2.30. The smallest absolute Gasteiger partial charge is 0.267 e. The molecule has 1 aliphatic heterocycles. The highest BCUT2D eigenvalue weighted by molar-refractivity contribution is 6.34. The highest BCUT2D eigenvalue weighted by atomic mass is 19.1. The van der Waals surface area contributed by atoms with E-state index in [9.17, 15) is 14.0 Å². The number of aromatic nitrogens is 1. The lowest BCUT2D eigenvalue weighted by atomic mass is 10.1. The number of anilines is 1. The van der Waals surface area contributed by atoms with E-state index in [-0.39, 0.29) is 5.82 Å². The quantitative estimate of drug-likeness (QED) is 0.667. The van der Waals surface area contributed by atoms with Gasteiger partial charge in [-0.05, 0) is 48.9 Å². The van der Waals surface area contributed by atoms with Crippen LogP contribution in [0.3, 0.4) is 0 Å². The molecule has 0 bridgehead atoms. The standard InChI is InChI=1S/C20H13FN2O2/c1-12-9-10-15(16(21)11-12)17-7-4-8-18(22-17)23-19(24)13-5-2-3-6-14(13)20(23)25/h2-11H,1H3. The van der Waals surface area contributed by atoms with E-state index < -0.39 is 17.6 Å². The zero-order valence-corrected chi connectivity index (χ0v) is 13.4. The molecule has 1 aliphatic rings. The predicted molar refractivity (Wildman–Crippen MR) is 92.0 cm³/mol. The van der Waals surface area contributed by atoms with Crippen LogP contribution in [0.25, 0.3) is 11.3 Å². The fraction of sp³-hybridized carbons (Fsp3) is 0.0500. The molecule has 0 atom stereocenters. The van der Waals surface area contributed by atoms with Gasteiger partial charge in [-0.1, -0.05) is 24.3 Å². The Labute approximate surface area is 143 Å². The largest absolute Gasteiger partial charge is 0.268 e. The zero-order valence-electron chi connectivity index (χ0n) is 13.4. The summed E-state index contributed by atoms with van der Waals surface area (Å²) in [6, 6.07) is 16.4. The molecule has 0 radical (unpaired) electrons. The van der Waals surface area contributed by atoms with Crippen LogP contribution in [-0.2, 0) is 0 Å². The number of carbonyl (C=O) groups is 2. The molecule has 5 heteroatoms. The van der Waals surface area contributed by atoms with Crippen molar-refractivity contribution in [1.29, 1.82) is 0 Å². The van der Waals surface area contributed by atoms with E-state index in [1.165, 1.54) is 6.07 Å². The Morgan fingerprint density at radius 2 is 1.52 bits per heavy atom. The predicted octanol–water partition coefficient (Wildman–Crippen LogP) is 4.00. The first-order chi connectivity index (χ1) is 12.1. The SMILES string of the molecule is Cc1ccc(-c2cccc(N3C(=O)c4ccccc4C3=O)n2)c(F)c1. The van der Waals surface area contributed by atoms with Crippen molar-refractivity contribution < 1.29 is 14.0 Å². The summed E-state index contributed by atoms with van der Waals surface area (Å²) in [5.41, 5.74) is 2.19. The van der Waals surface area contributed by atoms with Crippen molar-refractivity contribution in [3.05, 3.63) is 83.2 Å². The van der Waals surface area contributed by atoms with E-state index in [0.29, 0.717) is 22.4 Å². The summed E-state index contributed by atoms with van der Waals surface area (Å²) in [6.07, 6.45) is 0. The Morgan fingerprint density at radius 1 is 0.840 bits per heavy atom. The first-order valence-corrected chi connectivity index (χ1v) is 7.77. The highest BCUT2D eigenvalue weighted by Gasteiger charge is 2.37. The van der Waals surface area contributed by atoms with Crippen LogP contribution in [0.5, 0.6) is 0 Å². The lowest BCUT2D eigenvalue weighted by Gasteiger charge is -2.14. The number of pyridine rings is 1. The minimum absolute atomic E-state index is 0.184. The molecule has 4 rings (SSSR count). The molecule has 4 nitrogen and oxygen atoms in total. The summed E-state index contributed by atoms with van der Waals surface area (Å²) in [5.74, 6) is -1.06. The summed E-state index contributed by atoms with van der Waals surface area (Å²) >= 11 is 0. The van der Waals surface area contributed by atoms with Gasteiger partial charge >= 0.3 is 0 Å². The number of hydrogen-bond donors (Lipinski definition) is 0. The second-order valence-corrected chi connectivity index (χ2v) is 5.86. The maximum Gasteiger partial charge on any atom is 0.267 e. The molecule has 122 valence electrons. The summed E-state index contributed by atoms with van der Waals surface area (Å²) in [5, 5.41) is 0. The molecule has 25 heavy (non-hydrogen) atoms. The van der Waals surface area contributed by atoms with Gasteiger partial charge in [0.25, 0.3) is 11.8 Å². The Morgan fingerprint density at radius 3 is 2.16 bits per heavy atom. The van der Waals surface area contributed by atoms with Crippen molar-refractivity contribution in [2.45, 2.75) is 6.92 Å². The van der Waals surface area contributed by atoms with Crippen LogP contribution in [0.1, 0.15) is 26.3 Å². The van der Waals surface area contributed by atoms with Gasteiger partial charge in [-0.3, -0.25) is 9.59 Å². The number of amides is 2. The number of imide groups is 1. The molecule has 0 spiro atoms. The number of halogens is 1. The zero-order chi connectivity index (χ0) is 17.6. The highest BCUT2D eigenvalue weighted by Crippen LogP contribution is 2.29. The molecule has 0 aliphatic carbocycles. The molecule has 2 amide bonds. The van der Waals surface area contributed by atoms with Crippen molar-refractivity contribution in [2.75, 3.05) is 4.90 Å². The summed E-state index contributed by atoms with van der Waals surface area (Å²) < 4.78 is 14.2. The summed E-state index contributed by atoms with van der Waals surface area (Å²) in [7, 11) is 0. The van der Waals surface area contributed by atoms with Gasteiger partial charge in [-0.15, -0.1) is 0 Å². The van der Waals surface area contributed by atoms with Crippen LogP contribution < -0.4 is 4.90 Å². The molecular formula is C20H13FN2O2. The summed E-state index contributed by atoms with van der Waals surface area (Å²) in [4.78, 5) is 30.5. The van der Waals surface area contributed by atoms with Gasteiger partial charge in [0.05, 0.1) is 16.8 Å². The number of nitrogens with zero attached hydrogens (tertiary/aromatic N) is 2. The maximum atomic E-state index is 14.2. The molecule has 2 heterocycles. The second-order valence-electron chi connectivity index (χ2n) is 5.86. The average molecular weight is 332 g/mol. The van der Waals surface area contributed by atoms with E-state index in [4.69, 9.17) is 0 Å². The molecule has 0 N–H and O–H groups in total. The van der Waals surface area contributed by atoms with Gasteiger partial charge in [0.15, 0.2) is 0 Å². The van der Waals surface area contributed by atoms with Crippen LogP contribution >= 0.6 is 0 Å². The minimum atomic E-state index is -0.422. The third-order valence-electron chi connectivity index (χ3n) is 4.16. The number of aryl methyl sites for hydroxylation is 1. The monoisotopic (exact) mass is 332 g/mol. The van der Waals surface area contributed by atoms with Crippen LogP contribution in [0.4, 0.5) is 10.2 Å². The van der Waals surface area contributed by atoms with Crippen molar-refractivity contribution >= 4 is 17.6 Å². The van der Waals surface area contributed by atoms with Gasteiger partial charge in [0.1, 0.15) is 11.6 Å². The van der Waals surface area contributed by atoms with Crippen LogP contribution in [-0.4, -0.2) is 16.8 Å². The molecule has 3 aromatic rings. The maximum absolute atomic E-state index is 14.2. The van der Waals surface area contributed by atoms with Crippen molar-refractivity contribution in [3.63, 3.8) is 0 Å². The van der Waals surface area contributed by atoms with Crippen molar-refractivity contribution in [3.8, 4) is 11.3 Å². The van der Waals surface area contributed by atoms with E-state index in [1.54, 1.807) is 61.5 Å². The average Bonchev–Trinajstić information content (AvgIpc) is 2.86. The second kappa shape index (κ2) is 5.63. The first kappa shape index (κ1) is 15.2. The van der Waals surface area contributed by atoms with E-state index in [0.717, 1.165) is 10.5 Å². The Hall–Kier alpha value is -3.34. The number of benzene rings is 2. The minimum Gasteiger partial charge on any atom is -0.268 e. The Bertz CT molecular complexity index is 995. The van der Waals surface area contributed by atoms with Gasteiger partial charge in [0.2, 0.25) is 0 Å². The first-order valence-electron chi connectivity index (χ1n) is 7.77. The van der Waals surface area contributed by atoms with Crippen LogP contribution in [0.15, 0.2) is 60.7 Å². The van der Waals surface area contributed by atoms with E-state index in [1.807, 2.05) is 0 Å². The molecule has 1 aromatic heterocycles. The van der Waals surface area contributed by atoms with Gasteiger partial charge in [0, 0.05) is 5.56 Å². The number of carbonyl (C=O) groups excluding carboxylic acids is 2. The normalized spacial score (nSPS) is 13.3. The molecular weight excluding hydrogens is 319 g/mol. The van der Waals surface area contributed by atoms with E-state index in [2.05, 4.69) is 4.98 Å². The van der Waals surface area contributed by atoms with Gasteiger partial charge in [-0.2, -0.15) is 0 Å². The molecule has 2 aromatic carbocycles. The Balaban J connectivity index is 1.79. The van der Waals surface area contributed by atoms with Crippen LogP contribution in [0.2, 0.25) is 0 Å². The molecule has 0 fully saturated rings. The number of hydrogen-bond acceptors (Lipinski definition) is 3. The topological polar surface area (TPSA) is 50.3 Å². The Kier molecular flexibility index (Phi) is 3.42. The molecule has 0 unspecified atom stereocenters.